The Kier molecular flexibility index (Phi) is 3.13. The summed E-state index contributed by atoms with van der Waals surface area (Å²) < 4.78 is 13.6. The van der Waals surface area contributed by atoms with Crippen LogP contribution in [-0.2, 0) is 11.2 Å². The molecule has 0 aliphatic heterocycles. The summed E-state index contributed by atoms with van der Waals surface area (Å²) in [7, 11) is 0. The monoisotopic (exact) mass is 235 g/mol. The van der Waals surface area contributed by atoms with Gasteiger partial charge in [0.05, 0.1) is 5.92 Å². The lowest BCUT2D eigenvalue weighted by Gasteiger charge is -2.05. The molecule has 0 amide bonds. The Bertz CT molecular complexity index is 547. The highest BCUT2D eigenvalue weighted by Crippen LogP contribution is 2.23. The highest BCUT2D eigenvalue weighted by molar-refractivity contribution is 5.83. The molecule has 0 aliphatic carbocycles. The first-order chi connectivity index (χ1) is 8.09. The van der Waals surface area contributed by atoms with Crippen molar-refractivity contribution >= 4 is 16.9 Å². The standard InChI is InChI=1S/C13H14FNO2/c1-8(13(16)17)5-6-9-7-15-11-4-2-3-10(14)12(9)11/h2-4,7-8,15H,5-6H2,1H3,(H,16,17). The average Bonchev–Trinajstić information content (AvgIpc) is 2.70. The molecule has 3 nitrogen and oxygen atoms in total. The number of aromatic nitrogens is 1. The number of rotatable bonds is 4. The predicted octanol–water partition coefficient (Wildman–Crippen LogP) is 2.96. The number of carbonyl (C=O) groups is 1. The Morgan fingerprint density at radius 2 is 2.29 bits per heavy atom. The summed E-state index contributed by atoms with van der Waals surface area (Å²) in [6, 6.07) is 4.88. The number of aromatic amines is 1. The molecule has 17 heavy (non-hydrogen) atoms. The number of halogens is 1. The van der Waals surface area contributed by atoms with Gasteiger partial charge in [-0.1, -0.05) is 13.0 Å². The van der Waals surface area contributed by atoms with Crippen LogP contribution in [-0.4, -0.2) is 16.1 Å². The number of nitrogens with one attached hydrogen (secondary N) is 1. The van der Waals surface area contributed by atoms with E-state index in [0.717, 1.165) is 11.1 Å². The van der Waals surface area contributed by atoms with Gasteiger partial charge in [0.2, 0.25) is 0 Å². The molecule has 0 saturated heterocycles. The van der Waals surface area contributed by atoms with Crippen molar-refractivity contribution in [1.82, 2.24) is 4.98 Å². The van der Waals surface area contributed by atoms with Gasteiger partial charge < -0.3 is 10.1 Å². The van der Waals surface area contributed by atoms with E-state index in [1.54, 1.807) is 19.2 Å². The van der Waals surface area contributed by atoms with Crippen molar-refractivity contribution in [3.63, 3.8) is 0 Å². The van der Waals surface area contributed by atoms with Crippen LogP contribution in [0.4, 0.5) is 4.39 Å². The maximum atomic E-state index is 13.6. The van der Waals surface area contributed by atoms with Crippen LogP contribution in [0.25, 0.3) is 10.9 Å². The molecule has 1 aromatic heterocycles. The molecule has 0 bridgehead atoms. The molecule has 0 spiro atoms. The van der Waals surface area contributed by atoms with Gasteiger partial charge >= 0.3 is 5.97 Å². The number of H-pyrrole nitrogens is 1. The molecule has 4 heteroatoms. The number of aliphatic carboxylic acids is 1. The van der Waals surface area contributed by atoms with Crippen LogP contribution in [0.3, 0.4) is 0 Å². The van der Waals surface area contributed by atoms with Crippen LogP contribution in [0.2, 0.25) is 0 Å². The van der Waals surface area contributed by atoms with Crippen molar-refractivity contribution < 1.29 is 14.3 Å². The van der Waals surface area contributed by atoms with E-state index in [1.165, 1.54) is 6.07 Å². The van der Waals surface area contributed by atoms with E-state index < -0.39 is 11.9 Å². The van der Waals surface area contributed by atoms with Crippen molar-refractivity contribution in [2.45, 2.75) is 19.8 Å². The van der Waals surface area contributed by atoms with E-state index in [2.05, 4.69) is 4.98 Å². The molecule has 1 aromatic carbocycles. The largest absolute Gasteiger partial charge is 0.481 e. The van der Waals surface area contributed by atoms with Crippen molar-refractivity contribution in [2.75, 3.05) is 0 Å². The Balaban J connectivity index is 2.22. The SMILES string of the molecule is CC(CCc1c[nH]c2cccc(F)c12)C(=O)O. The first kappa shape index (κ1) is 11.6. The first-order valence-corrected chi connectivity index (χ1v) is 5.57. The van der Waals surface area contributed by atoms with Gasteiger partial charge in [-0.25, -0.2) is 4.39 Å². The second-order valence-electron chi connectivity index (χ2n) is 4.25. The molecule has 2 N–H and O–H groups in total. The zero-order valence-electron chi connectivity index (χ0n) is 9.53. The summed E-state index contributed by atoms with van der Waals surface area (Å²) in [5.74, 6) is -1.49. The lowest BCUT2D eigenvalue weighted by Crippen LogP contribution is -2.10. The fourth-order valence-corrected chi connectivity index (χ4v) is 1.90. The Morgan fingerprint density at radius 3 is 3.00 bits per heavy atom. The highest BCUT2D eigenvalue weighted by Gasteiger charge is 2.13. The molecule has 2 rings (SSSR count). The molecular formula is C13H14FNO2. The maximum Gasteiger partial charge on any atom is 0.306 e. The van der Waals surface area contributed by atoms with Crippen molar-refractivity contribution in [2.24, 2.45) is 5.92 Å². The lowest BCUT2D eigenvalue weighted by molar-refractivity contribution is -0.141. The first-order valence-electron chi connectivity index (χ1n) is 5.57. The van der Waals surface area contributed by atoms with Crippen molar-refractivity contribution in [1.29, 1.82) is 0 Å². The molecule has 0 fully saturated rings. The minimum atomic E-state index is -0.815. The smallest absolute Gasteiger partial charge is 0.306 e. The zero-order chi connectivity index (χ0) is 12.4. The van der Waals surface area contributed by atoms with Crippen molar-refractivity contribution in [3.8, 4) is 0 Å². The van der Waals surface area contributed by atoms with Gasteiger partial charge in [0.1, 0.15) is 5.82 Å². The Morgan fingerprint density at radius 1 is 1.53 bits per heavy atom. The van der Waals surface area contributed by atoms with Gasteiger partial charge in [0.15, 0.2) is 0 Å². The van der Waals surface area contributed by atoms with E-state index >= 15 is 0 Å². The van der Waals surface area contributed by atoms with Crippen LogP contribution in [0, 0.1) is 11.7 Å². The van der Waals surface area contributed by atoms with Gasteiger partial charge in [0.25, 0.3) is 0 Å². The number of benzene rings is 1. The van der Waals surface area contributed by atoms with Crippen LogP contribution >= 0.6 is 0 Å². The third-order valence-electron chi connectivity index (χ3n) is 3.00. The van der Waals surface area contributed by atoms with Gasteiger partial charge in [-0.05, 0) is 30.5 Å². The number of hydrogen-bond donors (Lipinski definition) is 2. The molecule has 1 heterocycles. The van der Waals surface area contributed by atoms with Crippen molar-refractivity contribution in [3.05, 3.63) is 35.8 Å². The minimum absolute atomic E-state index is 0.262. The van der Waals surface area contributed by atoms with E-state index in [9.17, 15) is 9.18 Å². The summed E-state index contributed by atoms with van der Waals surface area (Å²) in [5.41, 5.74) is 1.59. The van der Waals surface area contributed by atoms with Crippen LogP contribution in [0.1, 0.15) is 18.9 Å². The second kappa shape index (κ2) is 4.57. The normalized spacial score (nSPS) is 12.8. The Hall–Kier alpha value is -1.84. The molecule has 0 aliphatic rings. The Labute approximate surface area is 98.3 Å². The van der Waals surface area contributed by atoms with Gasteiger partial charge in [-0.15, -0.1) is 0 Å². The summed E-state index contributed by atoms with van der Waals surface area (Å²) in [6.45, 7) is 1.66. The number of aryl methyl sites for hydroxylation is 1. The second-order valence-corrected chi connectivity index (χ2v) is 4.25. The molecule has 90 valence electrons. The molecule has 1 unspecified atom stereocenters. The summed E-state index contributed by atoms with van der Waals surface area (Å²) in [6.07, 6.45) is 2.83. The van der Waals surface area contributed by atoms with E-state index in [4.69, 9.17) is 5.11 Å². The number of hydrogen-bond acceptors (Lipinski definition) is 1. The lowest BCUT2D eigenvalue weighted by atomic mass is 10.0. The molecule has 1 atom stereocenters. The fourth-order valence-electron chi connectivity index (χ4n) is 1.90. The number of carboxylic acid groups (broad SMARTS) is 1. The van der Waals surface area contributed by atoms with E-state index in [-0.39, 0.29) is 5.82 Å². The molecule has 0 radical (unpaired) electrons. The fraction of sp³-hybridized carbons (Fsp3) is 0.308. The van der Waals surface area contributed by atoms with Gasteiger partial charge in [-0.2, -0.15) is 0 Å². The molecular weight excluding hydrogens is 221 g/mol. The van der Waals surface area contributed by atoms with Crippen LogP contribution < -0.4 is 0 Å². The van der Waals surface area contributed by atoms with Gasteiger partial charge in [0, 0.05) is 17.1 Å². The maximum absolute atomic E-state index is 13.6. The third-order valence-corrected chi connectivity index (χ3v) is 3.00. The summed E-state index contributed by atoms with van der Waals surface area (Å²) in [5, 5.41) is 9.37. The third kappa shape index (κ3) is 2.30. The number of fused-ring (bicyclic) bond motifs is 1. The molecule has 2 aromatic rings. The predicted molar refractivity (Wildman–Crippen MR) is 63.4 cm³/mol. The number of carboxylic acids is 1. The quantitative estimate of drug-likeness (QED) is 0.856. The zero-order valence-corrected chi connectivity index (χ0v) is 9.53. The van der Waals surface area contributed by atoms with Crippen LogP contribution in [0.15, 0.2) is 24.4 Å². The van der Waals surface area contributed by atoms with Gasteiger partial charge in [-0.3, -0.25) is 4.79 Å². The van der Waals surface area contributed by atoms with Crippen LogP contribution in [0.5, 0.6) is 0 Å². The average molecular weight is 235 g/mol. The molecule has 0 saturated carbocycles. The minimum Gasteiger partial charge on any atom is -0.481 e. The summed E-state index contributed by atoms with van der Waals surface area (Å²) >= 11 is 0. The summed E-state index contributed by atoms with van der Waals surface area (Å²) in [4.78, 5) is 13.7. The highest BCUT2D eigenvalue weighted by atomic mass is 19.1. The van der Waals surface area contributed by atoms with E-state index in [1.807, 2.05) is 6.07 Å². The van der Waals surface area contributed by atoms with E-state index in [0.29, 0.717) is 18.2 Å². The topological polar surface area (TPSA) is 53.1 Å².